The van der Waals surface area contributed by atoms with Crippen LogP contribution in [0.25, 0.3) is 0 Å². The molecule has 0 bridgehead atoms. The third-order valence-electron chi connectivity index (χ3n) is 5.15. The molecule has 7 heteroatoms. The van der Waals surface area contributed by atoms with E-state index in [2.05, 4.69) is 24.5 Å². The molecule has 1 rings (SSSR count). The van der Waals surface area contributed by atoms with Crippen molar-refractivity contribution in [3.05, 3.63) is 0 Å². The van der Waals surface area contributed by atoms with Crippen molar-refractivity contribution in [1.29, 1.82) is 0 Å². The fraction of sp³-hybridized carbons (Fsp3) is 0.857. The Balaban J connectivity index is 2.59. The molecule has 162 valence electrons. The Hall–Kier alpha value is -1.79. The highest BCUT2D eigenvalue weighted by atomic mass is 16.5. The Kier molecular flexibility index (Phi) is 9.24. The molecule has 3 amide bonds. The minimum Gasteiger partial charge on any atom is -0.461 e. The molecule has 0 aromatic carbocycles. The molecule has 0 aliphatic carbocycles. The van der Waals surface area contributed by atoms with Crippen LogP contribution in [0.4, 0.5) is 4.79 Å². The smallest absolute Gasteiger partial charge is 0.325 e. The number of urea groups is 1. The number of likely N-dealkylation sites (tertiary alicyclic amines) is 1. The van der Waals surface area contributed by atoms with Crippen molar-refractivity contribution in [1.82, 2.24) is 15.5 Å². The fourth-order valence-corrected chi connectivity index (χ4v) is 3.57. The lowest BCUT2D eigenvalue weighted by molar-refractivity contribution is -0.147. The van der Waals surface area contributed by atoms with Crippen LogP contribution in [0, 0.1) is 11.3 Å². The first-order valence-corrected chi connectivity index (χ1v) is 10.5. The molecule has 28 heavy (non-hydrogen) atoms. The van der Waals surface area contributed by atoms with E-state index in [0.717, 1.165) is 25.7 Å². The summed E-state index contributed by atoms with van der Waals surface area (Å²) in [6, 6.07) is -1.04. The number of esters is 1. The van der Waals surface area contributed by atoms with Crippen molar-refractivity contribution in [3.8, 4) is 0 Å². The zero-order valence-corrected chi connectivity index (χ0v) is 18.6. The van der Waals surface area contributed by atoms with Crippen LogP contribution in [0.5, 0.6) is 0 Å². The third-order valence-corrected chi connectivity index (χ3v) is 5.15. The first-order valence-electron chi connectivity index (χ1n) is 10.5. The number of carbonyl (C=O) groups excluding carboxylic acids is 3. The summed E-state index contributed by atoms with van der Waals surface area (Å²) in [5.74, 6) is -0.0903. The minimum absolute atomic E-state index is 0.0738. The average Bonchev–Trinajstić information content (AvgIpc) is 2.92. The molecule has 0 aromatic rings. The maximum absolute atomic E-state index is 13.1. The van der Waals surface area contributed by atoms with Gasteiger partial charge in [0.05, 0.1) is 6.10 Å². The molecule has 0 aromatic heterocycles. The SMILES string of the molecule is CCCCC(C)OC(=O)CNC(=O)NC(C(=O)N1CC(C)CC1C)C(C)(C)C. The van der Waals surface area contributed by atoms with Gasteiger partial charge in [-0.1, -0.05) is 47.5 Å². The second-order valence-electron chi connectivity index (χ2n) is 9.25. The first-order chi connectivity index (χ1) is 13.0. The summed E-state index contributed by atoms with van der Waals surface area (Å²) in [6.45, 7) is 14.3. The van der Waals surface area contributed by atoms with E-state index in [1.807, 2.05) is 39.5 Å². The van der Waals surface area contributed by atoms with Crippen molar-refractivity contribution < 1.29 is 19.1 Å². The predicted molar refractivity (Wildman–Crippen MR) is 110 cm³/mol. The van der Waals surface area contributed by atoms with E-state index in [1.54, 1.807) is 0 Å². The van der Waals surface area contributed by atoms with E-state index in [-0.39, 0.29) is 24.6 Å². The number of hydrogen-bond acceptors (Lipinski definition) is 4. The van der Waals surface area contributed by atoms with Gasteiger partial charge in [0.2, 0.25) is 5.91 Å². The van der Waals surface area contributed by atoms with Crippen LogP contribution >= 0.6 is 0 Å². The van der Waals surface area contributed by atoms with Gasteiger partial charge in [0, 0.05) is 12.6 Å². The maximum Gasteiger partial charge on any atom is 0.325 e. The summed E-state index contributed by atoms with van der Waals surface area (Å²) in [7, 11) is 0. The van der Waals surface area contributed by atoms with Gasteiger partial charge < -0.3 is 20.3 Å². The van der Waals surface area contributed by atoms with Crippen molar-refractivity contribution in [2.24, 2.45) is 11.3 Å². The largest absolute Gasteiger partial charge is 0.461 e. The van der Waals surface area contributed by atoms with Crippen molar-refractivity contribution in [2.45, 2.75) is 92.3 Å². The molecule has 0 saturated carbocycles. The second kappa shape index (κ2) is 10.7. The van der Waals surface area contributed by atoms with Gasteiger partial charge in [-0.15, -0.1) is 0 Å². The molecular weight excluding hydrogens is 358 g/mol. The summed E-state index contributed by atoms with van der Waals surface area (Å²) in [5, 5.41) is 5.28. The van der Waals surface area contributed by atoms with Crippen LogP contribution < -0.4 is 10.6 Å². The van der Waals surface area contributed by atoms with E-state index < -0.39 is 23.5 Å². The van der Waals surface area contributed by atoms with Gasteiger partial charge in [0.15, 0.2) is 0 Å². The number of nitrogens with zero attached hydrogens (tertiary/aromatic N) is 1. The van der Waals surface area contributed by atoms with E-state index in [0.29, 0.717) is 12.5 Å². The number of carbonyl (C=O) groups is 3. The summed E-state index contributed by atoms with van der Waals surface area (Å²) in [5.41, 5.74) is -0.449. The topological polar surface area (TPSA) is 87.7 Å². The Morgan fingerprint density at radius 1 is 1.21 bits per heavy atom. The summed E-state index contributed by atoms with van der Waals surface area (Å²) in [6.07, 6.45) is 3.64. The van der Waals surface area contributed by atoms with E-state index in [9.17, 15) is 14.4 Å². The Labute approximate surface area is 169 Å². The fourth-order valence-electron chi connectivity index (χ4n) is 3.57. The van der Waals surface area contributed by atoms with E-state index in [4.69, 9.17) is 4.74 Å². The van der Waals surface area contributed by atoms with Gasteiger partial charge in [-0.25, -0.2) is 4.79 Å². The van der Waals surface area contributed by atoms with Crippen LogP contribution in [0.2, 0.25) is 0 Å². The molecule has 0 radical (unpaired) electrons. The number of nitrogens with one attached hydrogen (secondary N) is 2. The monoisotopic (exact) mass is 397 g/mol. The molecule has 2 N–H and O–H groups in total. The second-order valence-corrected chi connectivity index (χ2v) is 9.25. The van der Waals surface area contributed by atoms with Crippen LogP contribution in [0.3, 0.4) is 0 Å². The Morgan fingerprint density at radius 2 is 1.86 bits per heavy atom. The molecular formula is C21H39N3O4. The quantitative estimate of drug-likeness (QED) is 0.616. The van der Waals surface area contributed by atoms with Gasteiger partial charge in [-0.05, 0) is 38.0 Å². The summed E-state index contributed by atoms with van der Waals surface area (Å²) < 4.78 is 5.27. The average molecular weight is 398 g/mol. The molecule has 4 atom stereocenters. The van der Waals surface area contributed by atoms with Crippen molar-refractivity contribution in [2.75, 3.05) is 13.1 Å². The lowest BCUT2D eigenvalue weighted by Crippen LogP contribution is -2.57. The molecule has 1 heterocycles. The van der Waals surface area contributed by atoms with Crippen molar-refractivity contribution in [3.63, 3.8) is 0 Å². The predicted octanol–water partition coefficient (Wildman–Crippen LogP) is 3.08. The highest BCUT2D eigenvalue weighted by Crippen LogP contribution is 2.27. The van der Waals surface area contributed by atoms with Gasteiger partial charge >= 0.3 is 12.0 Å². The minimum atomic E-state index is -0.667. The third kappa shape index (κ3) is 7.68. The Bertz CT molecular complexity index is 544. The van der Waals surface area contributed by atoms with Gasteiger partial charge in [-0.2, -0.15) is 0 Å². The zero-order chi connectivity index (χ0) is 21.5. The maximum atomic E-state index is 13.1. The zero-order valence-electron chi connectivity index (χ0n) is 18.6. The highest BCUT2D eigenvalue weighted by Gasteiger charge is 2.40. The van der Waals surface area contributed by atoms with Gasteiger partial charge in [0.25, 0.3) is 0 Å². The van der Waals surface area contributed by atoms with Crippen molar-refractivity contribution >= 4 is 17.9 Å². The molecule has 7 nitrogen and oxygen atoms in total. The molecule has 1 fully saturated rings. The van der Waals surface area contributed by atoms with Crippen LogP contribution in [-0.2, 0) is 14.3 Å². The van der Waals surface area contributed by atoms with Crippen LogP contribution in [0.15, 0.2) is 0 Å². The lowest BCUT2D eigenvalue weighted by atomic mass is 9.85. The Morgan fingerprint density at radius 3 is 2.36 bits per heavy atom. The molecule has 4 unspecified atom stereocenters. The standard InChI is InChI=1S/C21H39N3O4/c1-8-9-10-16(4)28-17(25)12-22-20(27)23-18(21(5,6)7)19(26)24-13-14(2)11-15(24)3/h14-16,18H,8-13H2,1-7H3,(H2,22,23,27). The van der Waals surface area contributed by atoms with Gasteiger partial charge in [0.1, 0.15) is 12.6 Å². The van der Waals surface area contributed by atoms with Gasteiger partial charge in [-0.3, -0.25) is 9.59 Å². The number of rotatable bonds is 8. The normalized spacial score (nSPS) is 21.8. The van der Waals surface area contributed by atoms with E-state index in [1.165, 1.54) is 0 Å². The number of amides is 3. The molecule has 1 aliphatic heterocycles. The number of hydrogen-bond donors (Lipinski definition) is 2. The summed E-state index contributed by atoms with van der Waals surface area (Å²) >= 11 is 0. The van der Waals surface area contributed by atoms with Crippen LogP contribution in [0.1, 0.15) is 74.1 Å². The lowest BCUT2D eigenvalue weighted by Gasteiger charge is -2.35. The summed E-state index contributed by atoms with van der Waals surface area (Å²) in [4.78, 5) is 39.1. The molecule has 0 spiro atoms. The number of unbranched alkanes of at least 4 members (excludes halogenated alkanes) is 1. The molecule has 1 saturated heterocycles. The van der Waals surface area contributed by atoms with Crippen LogP contribution in [-0.4, -0.2) is 54.1 Å². The number of ether oxygens (including phenoxy) is 1. The van der Waals surface area contributed by atoms with E-state index >= 15 is 0 Å². The first kappa shape index (κ1) is 24.2. The highest BCUT2D eigenvalue weighted by molar-refractivity contribution is 5.89. The molecule has 1 aliphatic rings.